The molecule has 1 amide bonds. The van der Waals surface area contributed by atoms with Gasteiger partial charge in [-0.2, -0.15) is 4.31 Å². The molecular weight excluding hydrogens is 302 g/mol. The molecule has 0 fully saturated rings. The fourth-order valence-corrected chi connectivity index (χ4v) is 2.85. The van der Waals surface area contributed by atoms with E-state index >= 15 is 0 Å². The first-order chi connectivity index (χ1) is 9.02. The number of pyridine rings is 1. The van der Waals surface area contributed by atoms with Gasteiger partial charge in [0.05, 0.1) is 11.4 Å². The Morgan fingerprint density at radius 1 is 1.45 bits per heavy atom. The number of aromatic nitrogens is 1. The van der Waals surface area contributed by atoms with E-state index < -0.39 is 15.6 Å². The number of sulfonamides is 1. The van der Waals surface area contributed by atoms with Crippen molar-refractivity contribution < 1.29 is 13.2 Å². The van der Waals surface area contributed by atoms with Gasteiger partial charge in [-0.15, -0.1) is 0 Å². The second kappa shape index (κ2) is 6.07. The van der Waals surface area contributed by atoms with Crippen LogP contribution < -0.4 is 5.32 Å². The Kier molecular flexibility index (Phi) is 5.12. The van der Waals surface area contributed by atoms with Gasteiger partial charge in [-0.1, -0.05) is 11.6 Å². The van der Waals surface area contributed by atoms with Gasteiger partial charge in [-0.3, -0.25) is 4.79 Å². The van der Waals surface area contributed by atoms with Crippen LogP contribution in [0.25, 0.3) is 0 Å². The van der Waals surface area contributed by atoms with Crippen molar-refractivity contribution in [1.82, 2.24) is 14.6 Å². The van der Waals surface area contributed by atoms with Crippen molar-refractivity contribution in [2.75, 3.05) is 13.6 Å². The highest BCUT2D eigenvalue weighted by Crippen LogP contribution is 2.16. The van der Waals surface area contributed by atoms with Crippen LogP contribution >= 0.6 is 11.6 Å². The second-order valence-corrected chi connectivity index (χ2v) is 7.81. The summed E-state index contributed by atoms with van der Waals surface area (Å²) in [5.41, 5.74) is -0.415. The van der Waals surface area contributed by atoms with E-state index in [2.05, 4.69) is 10.3 Å². The highest BCUT2D eigenvalue weighted by Gasteiger charge is 2.24. The number of rotatable bonds is 4. The Hall–Kier alpha value is -1.18. The van der Waals surface area contributed by atoms with Gasteiger partial charge in [0.15, 0.2) is 0 Å². The average molecular weight is 320 g/mol. The first kappa shape index (κ1) is 16.9. The Labute approximate surface area is 124 Å². The zero-order valence-corrected chi connectivity index (χ0v) is 13.4. The lowest BCUT2D eigenvalue weighted by Gasteiger charge is -2.23. The Balaban J connectivity index is 2.86. The van der Waals surface area contributed by atoms with Crippen molar-refractivity contribution in [2.24, 2.45) is 0 Å². The number of nitrogens with zero attached hydrogens (tertiary/aromatic N) is 2. The van der Waals surface area contributed by atoms with E-state index in [1.807, 2.05) is 20.8 Å². The molecule has 0 spiro atoms. The predicted molar refractivity (Wildman–Crippen MR) is 77.0 cm³/mol. The van der Waals surface area contributed by atoms with E-state index in [0.29, 0.717) is 0 Å². The lowest BCUT2D eigenvalue weighted by atomic mass is 10.1. The topological polar surface area (TPSA) is 79.4 Å². The highest BCUT2D eigenvalue weighted by atomic mass is 35.5. The number of hydrogen-bond donors (Lipinski definition) is 1. The number of amides is 1. The Morgan fingerprint density at radius 3 is 2.55 bits per heavy atom. The maximum atomic E-state index is 12.2. The standard InChI is InChI=1S/C12H18ClN3O3S/c1-12(2,3)15-11(17)8-16(4)20(18,19)9-5-6-14-10(13)7-9/h5-7H,8H2,1-4H3,(H,15,17). The van der Waals surface area contributed by atoms with Crippen LogP contribution in [0.3, 0.4) is 0 Å². The summed E-state index contributed by atoms with van der Waals surface area (Å²) in [4.78, 5) is 15.5. The largest absolute Gasteiger partial charge is 0.350 e. The monoisotopic (exact) mass is 319 g/mol. The van der Waals surface area contributed by atoms with Crippen LogP contribution in [0, 0.1) is 0 Å². The molecule has 0 aliphatic heterocycles. The quantitative estimate of drug-likeness (QED) is 0.848. The molecule has 1 N–H and O–H groups in total. The lowest BCUT2D eigenvalue weighted by molar-refractivity contribution is -0.122. The molecular formula is C12H18ClN3O3S. The maximum Gasteiger partial charge on any atom is 0.243 e. The summed E-state index contributed by atoms with van der Waals surface area (Å²) < 4.78 is 25.5. The lowest BCUT2D eigenvalue weighted by Crippen LogP contribution is -2.46. The first-order valence-electron chi connectivity index (χ1n) is 5.91. The van der Waals surface area contributed by atoms with Gasteiger partial charge in [-0.25, -0.2) is 13.4 Å². The minimum absolute atomic E-state index is 0.00330. The summed E-state index contributed by atoms with van der Waals surface area (Å²) in [6.45, 7) is 5.20. The van der Waals surface area contributed by atoms with Crippen molar-refractivity contribution in [2.45, 2.75) is 31.2 Å². The molecule has 0 saturated heterocycles. The third-order valence-corrected chi connectivity index (χ3v) is 4.29. The zero-order chi connectivity index (χ0) is 15.6. The van der Waals surface area contributed by atoms with Crippen LogP contribution in [-0.2, 0) is 14.8 Å². The van der Waals surface area contributed by atoms with Gasteiger partial charge < -0.3 is 5.32 Å². The van der Waals surface area contributed by atoms with Crippen LogP contribution in [0.4, 0.5) is 0 Å². The van der Waals surface area contributed by atoms with Crippen molar-refractivity contribution >= 4 is 27.5 Å². The summed E-state index contributed by atoms with van der Waals surface area (Å²) in [5, 5.41) is 2.78. The summed E-state index contributed by atoms with van der Waals surface area (Å²) in [7, 11) is -2.42. The van der Waals surface area contributed by atoms with E-state index in [4.69, 9.17) is 11.6 Å². The Bertz CT molecular complexity index is 596. The van der Waals surface area contributed by atoms with Crippen LogP contribution in [0.15, 0.2) is 23.2 Å². The van der Waals surface area contributed by atoms with Crippen molar-refractivity contribution in [3.8, 4) is 0 Å². The number of carbonyl (C=O) groups excluding carboxylic acids is 1. The van der Waals surface area contributed by atoms with E-state index in [1.165, 1.54) is 25.4 Å². The second-order valence-electron chi connectivity index (χ2n) is 5.37. The van der Waals surface area contributed by atoms with E-state index in [9.17, 15) is 13.2 Å². The number of likely N-dealkylation sites (N-methyl/N-ethyl adjacent to an activating group) is 1. The molecule has 0 atom stereocenters. The molecule has 1 rings (SSSR count). The average Bonchev–Trinajstić information content (AvgIpc) is 2.26. The van der Waals surface area contributed by atoms with Crippen LogP contribution in [-0.4, -0.2) is 42.7 Å². The Morgan fingerprint density at radius 2 is 2.05 bits per heavy atom. The molecule has 6 nitrogen and oxygen atoms in total. The predicted octanol–water partition coefficient (Wildman–Crippen LogP) is 1.27. The molecule has 0 aromatic carbocycles. The molecule has 20 heavy (non-hydrogen) atoms. The smallest absolute Gasteiger partial charge is 0.243 e. The normalized spacial score (nSPS) is 12.5. The maximum absolute atomic E-state index is 12.2. The summed E-state index contributed by atoms with van der Waals surface area (Å²) in [5.74, 6) is -0.372. The molecule has 1 aromatic heterocycles. The first-order valence-corrected chi connectivity index (χ1v) is 7.73. The van der Waals surface area contributed by atoms with E-state index in [0.717, 1.165) is 4.31 Å². The molecule has 0 aliphatic carbocycles. The van der Waals surface area contributed by atoms with Crippen LogP contribution in [0.5, 0.6) is 0 Å². The van der Waals surface area contributed by atoms with E-state index in [1.54, 1.807) is 0 Å². The molecule has 112 valence electrons. The van der Waals surface area contributed by atoms with E-state index in [-0.39, 0.29) is 22.5 Å². The van der Waals surface area contributed by atoms with Gasteiger partial charge in [0.1, 0.15) is 5.15 Å². The minimum atomic E-state index is -3.76. The molecule has 0 bridgehead atoms. The van der Waals surface area contributed by atoms with Gasteiger partial charge >= 0.3 is 0 Å². The van der Waals surface area contributed by atoms with Gasteiger partial charge in [0.2, 0.25) is 15.9 Å². The number of halogens is 1. The van der Waals surface area contributed by atoms with Crippen molar-refractivity contribution in [3.63, 3.8) is 0 Å². The molecule has 0 aliphatic rings. The van der Waals surface area contributed by atoms with Gasteiger partial charge in [0, 0.05) is 18.8 Å². The SMILES string of the molecule is CN(CC(=O)NC(C)(C)C)S(=O)(=O)c1ccnc(Cl)c1. The molecule has 0 saturated carbocycles. The summed E-state index contributed by atoms with van der Waals surface area (Å²) in [6.07, 6.45) is 1.30. The highest BCUT2D eigenvalue weighted by molar-refractivity contribution is 7.89. The molecule has 1 heterocycles. The fourth-order valence-electron chi connectivity index (χ4n) is 1.47. The fraction of sp³-hybridized carbons (Fsp3) is 0.500. The molecule has 8 heteroatoms. The number of nitrogens with one attached hydrogen (secondary N) is 1. The third-order valence-electron chi connectivity index (χ3n) is 2.29. The van der Waals surface area contributed by atoms with Crippen LogP contribution in [0.1, 0.15) is 20.8 Å². The molecule has 0 unspecified atom stereocenters. The zero-order valence-electron chi connectivity index (χ0n) is 11.8. The summed E-state index contributed by atoms with van der Waals surface area (Å²) in [6, 6.07) is 2.58. The third kappa shape index (κ3) is 4.73. The number of carbonyl (C=O) groups is 1. The van der Waals surface area contributed by atoms with Crippen LogP contribution in [0.2, 0.25) is 5.15 Å². The minimum Gasteiger partial charge on any atom is -0.350 e. The summed E-state index contributed by atoms with van der Waals surface area (Å²) >= 11 is 5.68. The number of hydrogen-bond acceptors (Lipinski definition) is 4. The molecule has 0 radical (unpaired) electrons. The van der Waals surface area contributed by atoms with Crippen molar-refractivity contribution in [1.29, 1.82) is 0 Å². The van der Waals surface area contributed by atoms with Gasteiger partial charge in [0.25, 0.3) is 0 Å². The molecule has 1 aromatic rings. The van der Waals surface area contributed by atoms with Crippen molar-refractivity contribution in [3.05, 3.63) is 23.5 Å². The van der Waals surface area contributed by atoms with Gasteiger partial charge in [-0.05, 0) is 32.9 Å².